The Bertz CT molecular complexity index is 1200. The molecule has 2 amide bonds. The van der Waals surface area contributed by atoms with Gasteiger partial charge in [-0.3, -0.25) is 9.59 Å². The van der Waals surface area contributed by atoms with E-state index in [2.05, 4.69) is 11.4 Å². The van der Waals surface area contributed by atoms with Gasteiger partial charge in [0.1, 0.15) is 0 Å². The molecule has 166 valence electrons. The molecule has 0 radical (unpaired) electrons. The Hall–Kier alpha value is -3.91. The predicted molar refractivity (Wildman–Crippen MR) is 129 cm³/mol. The number of carbonyl (C=O) groups excluding carboxylic acids is 2. The number of hydrogen-bond acceptors (Lipinski definition) is 3. The average Bonchev–Trinajstić information content (AvgIpc) is 2.87. The van der Waals surface area contributed by atoms with Gasteiger partial charge in [0.2, 0.25) is 5.91 Å². The van der Waals surface area contributed by atoms with Gasteiger partial charge in [-0.25, -0.2) is 0 Å². The Balaban J connectivity index is 1.45. The van der Waals surface area contributed by atoms with Crippen LogP contribution in [0.1, 0.15) is 58.4 Å². The van der Waals surface area contributed by atoms with Crippen LogP contribution in [0.15, 0.2) is 72.8 Å². The lowest BCUT2D eigenvalue weighted by atomic mass is 9.97. The molecule has 1 N–H and O–H groups in total. The summed E-state index contributed by atoms with van der Waals surface area (Å²) in [6, 6.07) is 25.0. The van der Waals surface area contributed by atoms with Gasteiger partial charge in [0, 0.05) is 24.2 Å². The van der Waals surface area contributed by atoms with Crippen molar-refractivity contribution in [3.05, 3.63) is 101 Å². The van der Waals surface area contributed by atoms with Crippen molar-refractivity contribution in [2.45, 2.75) is 38.6 Å². The Morgan fingerprint density at radius 2 is 1.82 bits per heavy atom. The Morgan fingerprint density at radius 3 is 2.61 bits per heavy atom. The lowest BCUT2D eigenvalue weighted by Crippen LogP contribution is -2.36. The summed E-state index contributed by atoms with van der Waals surface area (Å²) in [5.74, 6) is -0.0793. The van der Waals surface area contributed by atoms with E-state index in [1.165, 1.54) is 0 Å². The van der Waals surface area contributed by atoms with Gasteiger partial charge < -0.3 is 10.2 Å². The quantitative estimate of drug-likeness (QED) is 0.592. The van der Waals surface area contributed by atoms with Crippen molar-refractivity contribution in [1.82, 2.24) is 5.32 Å². The zero-order valence-corrected chi connectivity index (χ0v) is 18.8. The van der Waals surface area contributed by atoms with E-state index in [0.717, 1.165) is 35.2 Å². The summed E-state index contributed by atoms with van der Waals surface area (Å²) in [7, 11) is 0. The minimum atomic E-state index is -0.120. The number of hydrogen-bond donors (Lipinski definition) is 1. The molecule has 1 unspecified atom stereocenters. The molecular weight excluding hydrogens is 410 g/mol. The Kier molecular flexibility index (Phi) is 6.85. The largest absolute Gasteiger partial charge is 0.346 e. The third-order valence-corrected chi connectivity index (χ3v) is 6.15. The summed E-state index contributed by atoms with van der Waals surface area (Å²) >= 11 is 0. The molecule has 1 atom stereocenters. The van der Waals surface area contributed by atoms with E-state index in [0.29, 0.717) is 30.5 Å². The lowest BCUT2D eigenvalue weighted by molar-refractivity contribution is -0.118. The molecule has 33 heavy (non-hydrogen) atoms. The molecule has 1 heterocycles. The number of fused-ring (bicyclic) bond motifs is 1. The number of benzene rings is 3. The zero-order valence-electron chi connectivity index (χ0n) is 18.8. The van der Waals surface area contributed by atoms with Crippen molar-refractivity contribution in [3.8, 4) is 6.07 Å². The molecule has 0 saturated heterocycles. The van der Waals surface area contributed by atoms with Crippen molar-refractivity contribution >= 4 is 17.5 Å². The van der Waals surface area contributed by atoms with Crippen molar-refractivity contribution < 1.29 is 9.59 Å². The van der Waals surface area contributed by atoms with E-state index in [4.69, 9.17) is 0 Å². The van der Waals surface area contributed by atoms with Gasteiger partial charge in [-0.05, 0) is 67.1 Å². The first-order valence-electron chi connectivity index (χ1n) is 11.3. The third-order valence-electron chi connectivity index (χ3n) is 6.15. The standard InChI is InChI=1S/C28H27N3O2/c1-20(21-8-3-2-4-9-21)30-28(33)24-13-15-26-23(18-24)12-7-17-31(26)27(32)16-14-22-10-5-6-11-25(22)19-29/h2-6,8-11,13,15,18,20H,7,12,14,16-17H2,1H3,(H,30,33). The first kappa shape index (κ1) is 22.3. The smallest absolute Gasteiger partial charge is 0.251 e. The van der Waals surface area contributed by atoms with Crippen LogP contribution in [0.5, 0.6) is 0 Å². The molecule has 5 heteroatoms. The number of amides is 2. The van der Waals surface area contributed by atoms with E-state index >= 15 is 0 Å². The maximum atomic E-state index is 13.0. The summed E-state index contributed by atoms with van der Waals surface area (Å²) in [5.41, 5.74) is 5.07. The Labute approximate surface area is 194 Å². The maximum absolute atomic E-state index is 13.0. The highest BCUT2D eigenvalue weighted by Crippen LogP contribution is 2.29. The second kappa shape index (κ2) is 10.1. The first-order chi connectivity index (χ1) is 16.1. The average molecular weight is 438 g/mol. The van der Waals surface area contributed by atoms with Gasteiger partial charge in [-0.1, -0.05) is 48.5 Å². The SMILES string of the molecule is CC(NC(=O)c1ccc2c(c1)CCCN2C(=O)CCc1ccccc1C#N)c1ccccc1. The van der Waals surface area contributed by atoms with Crippen LogP contribution >= 0.6 is 0 Å². The fourth-order valence-corrected chi connectivity index (χ4v) is 4.33. The van der Waals surface area contributed by atoms with E-state index in [1.807, 2.05) is 72.5 Å². The lowest BCUT2D eigenvalue weighted by Gasteiger charge is -2.30. The normalized spacial score (nSPS) is 13.5. The number of nitrogens with zero attached hydrogens (tertiary/aromatic N) is 2. The van der Waals surface area contributed by atoms with E-state index in [1.54, 1.807) is 12.1 Å². The second-order valence-corrected chi connectivity index (χ2v) is 8.37. The molecule has 0 aromatic heterocycles. The van der Waals surface area contributed by atoms with Crippen LogP contribution in [0.4, 0.5) is 5.69 Å². The molecule has 4 rings (SSSR count). The molecule has 3 aromatic rings. The van der Waals surface area contributed by atoms with Crippen LogP contribution in [0.2, 0.25) is 0 Å². The topological polar surface area (TPSA) is 73.2 Å². The van der Waals surface area contributed by atoms with E-state index in [-0.39, 0.29) is 17.9 Å². The van der Waals surface area contributed by atoms with Crippen LogP contribution in [0.3, 0.4) is 0 Å². The second-order valence-electron chi connectivity index (χ2n) is 8.37. The molecule has 0 spiro atoms. The monoisotopic (exact) mass is 437 g/mol. The zero-order chi connectivity index (χ0) is 23.2. The predicted octanol–water partition coefficient (Wildman–Crippen LogP) is 4.96. The van der Waals surface area contributed by atoms with Gasteiger partial charge in [0.15, 0.2) is 0 Å². The molecule has 0 fully saturated rings. The van der Waals surface area contributed by atoms with Crippen LogP contribution in [-0.4, -0.2) is 18.4 Å². The van der Waals surface area contributed by atoms with Gasteiger partial charge in [-0.15, -0.1) is 0 Å². The third kappa shape index (κ3) is 5.12. The first-order valence-corrected chi connectivity index (χ1v) is 11.3. The van der Waals surface area contributed by atoms with Crippen molar-refractivity contribution in [3.63, 3.8) is 0 Å². The molecule has 0 bridgehead atoms. The minimum Gasteiger partial charge on any atom is -0.346 e. The van der Waals surface area contributed by atoms with Gasteiger partial charge in [0.25, 0.3) is 5.91 Å². The molecule has 0 saturated carbocycles. The molecule has 1 aliphatic heterocycles. The van der Waals surface area contributed by atoms with Crippen LogP contribution in [0, 0.1) is 11.3 Å². The molecule has 1 aliphatic rings. The highest BCUT2D eigenvalue weighted by atomic mass is 16.2. The summed E-state index contributed by atoms with van der Waals surface area (Å²) in [6.45, 7) is 2.64. The number of carbonyl (C=O) groups is 2. The van der Waals surface area contributed by atoms with Crippen LogP contribution in [-0.2, 0) is 17.6 Å². The maximum Gasteiger partial charge on any atom is 0.251 e. The number of aryl methyl sites for hydroxylation is 2. The molecular formula is C28H27N3O2. The van der Waals surface area contributed by atoms with E-state index < -0.39 is 0 Å². The number of nitrogens with one attached hydrogen (secondary N) is 1. The Morgan fingerprint density at radius 1 is 1.06 bits per heavy atom. The molecule has 5 nitrogen and oxygen atoms in total. The van der Waals surface area contributed by atoms with Crippen LogP contribution < -0.4 is 10.2 Å². The number of nitriles is 1. The number of rotatable bonds is 6. The molecule has 0 aliphatic carbocycles. The number of anilines is 1. The van der Waals surface area contributed by atoms with Crippen molar-refractivity contribution in [1.29, 1.82) is 5.26 Å². The van der Waals surface area contributed by atoms with Crippen molar-refractivity contribution in [2.24, 2.45) is 0 Å². The fourth-order valence-electron chi connectivity index (χ4n) is 4.33. The van der Waals surface area contributed by atoms with Crippen molar-refractivity contribution in [2.75, 3.05) is 11.4 Å². The van der Waals surface area contributed by atoms with Gasteiger partial charge >= 0.3 is 0 Å². The summed E-state index contributed by atoms with van der Waals surface area (Å²) in [4.78, 5) is 27.7. The van der Waals surface area contributed by atoms with Crippen LogP contribution in [0.25, 0.3) is 0 Å². The van der Waals surface area contributed by atoms with Gasteiger partial charge in [0.05, 0.1) is 17.7 Å². The van der Waals surface area contributed by atoms with Gasteiger partial charge in [-0.2, -0.15) is 5.26 Å². The molecule has 3 aromatic carbocycles. The highest BCUT2D eigenvalue weighted by Gasteiger charge is 2.24. The van der Waals surface area contributed by atoms with E-state index in [9.17, 15) is 14.9 Å². The highest BCUT2D eigenvalue weighted by molar-refractivity contribution is 5.98. The fraction of sp³-hybridized carbons (Fsp3) is 0.250. The summed E-state index contributed by atoms with van der Waals surface area (Å²) < 4.78 is 0. The minimum absolute atomic E-state index is 0.0404. The summed E-state index contributed by atoms with van der Waals surface area (Å²) in [5, 5.41) is 12.3. The summed E-state index contributed by atoms with van der Waals surface area (Å²) in [6.07, 6.45) is 2.58.